The maximum absolute atomic E-state index is 12.9. The standard InChI is InChI=1S/C19H22N2O5S/c1-3-26-14-6-4-12(5-7-14)18-20-16(11-27-18)19(24)21-10-15(25-2)8-13(21)9-17(22)23/h4-7,11,13,15H,3,8-10H2,1-2H3,(H,22,23). The Labute approximate surface area is 161 Å². The molecule has 1 amide bonds. The van der Waals surface area contributed by atoms with Crippen LogP contribution in [0.1, 0.15) is 30.3 Å². The summed E-state index contributed by atoms with van der Waals surface area (Å²) in [6.45, 7) is 2.91. The molecule has 1 N–H and O–H groups in total. The molecule has 1 fully saturated rings. The van der Waals surface area contributed by atoms with Crippen LogP contribution in [0.15, 0.2) is 29.6 Å². The van der Waals surface area contributed by atoms with E-state index in [1.165, 1.54) is 11.3 Å². The molecule has 1 saturated heterocycles. The van der Waals surface area contributed by atoms with Crippen LogP contribution in [0.2, 0.25) is 0 Å². The Hall–Kier alpha value is -2.45. The third-order valence-corrected chi connectivity index (χ3v) is 5.41. The van der Waals surface area contributed by atoms with Gasteiger partial charge in [0.05, 0.1) is 19.1 Å². The highest BCUT2D eigenvalue weighted by Crippen LogP contribution is 2.29. The van der Waals surface area contributed by atoms with Crippen molar-refractivity contribution in [3.63, 3.8) is 0 Å². The second-order valence-electron chi connectivity index (χ2n) is 6.30. The summed E-state index contributed by atoms with van der Waals surface area (Å²) in [6.07, 6.45) is 0.272. The fraction of sp³-hybridized carbons (Fsp3) is 0.421. The first-order chi connectivity index (χ1) is 13.0. The van der Waals surface area contributed by atoms with E-state index < -0.39 is 5.97 Å². The Morgan fingerprint density at radius 3 is 2.70 bits per heavy atom. The Morgan fingerprint density at radius 1 is 1.33 bits per heavy atom. The van der Waals surface area contributed by atoms with Gasteiger partial charge in [-0.15, -0.1) is 11.3 Å². The van der Waals surface area contributed by atoms with E-state index in [2.05, 4.69) is 4.98 Å². The van der Waals surface area contributed by atoms with Gasteiger partial charge in [-0.3, -0.25) is 9.59 Å². The molecule has 0 bridgehead atoms. The van der Waals surface area contributed by atoms with Crippen molar-refractivity contribution in [3.05, 3.63) is 35.3 Å². The van der Waals surface area contributed by atoms with E-state index in [0.29, 0.717) is 25.3 Å². The molecule has 2 unspecified atom stereocenters. The fourth-order valence-corrected chi connectivity index (χ4v) is 4.00. The topological polar surface area (TPSA) is 89.0 Å². The van der Waals surface area contributed by atoms with Gasteiger partial charge in [0.15, 0.2) is 0 Å². The highest BCUT2D eigenvalue weighted by atomic mass is 32.1. The zero-order valence-electron chi connectivity index (χ0n) is 15.3. The molecule has 0 spiro atoms. The molecule has 7 nitrogen and oxygen atoms in total. The minimum atomic E-state index is -0.928. The number of aliphatic carboxylic acids is 1. The normalized spacial score (nSPS) is 19.3. The van der Waals surface area contributed by atoms with E-state index in [-0.39, 0.29) is 24.5 Å². The number of hydrogen-bond acceptors (Lipinski definition) is 6. The minimum Gasteiger partial charge on any atom is -0.494 e. The molecule has 1 aromatic heterocycles. The summed E-state index contributed by atoms with van der Waals surface area (Å²) < 4.78 is 10.8. The number of hydrogen-bond donors (Lipinski definition) is 1. The van der Waals surface area contributed by atoms with Crippen molar-refractivity contribution in [3.8, 4) is 16.3 Å². The SMILES string of the molecule is CCOc1ccc(-c2nc(C(=O)N3CC(OC)CC3CC(=O)O)cs2)cc1. The molecule has 1 aliphatic heterocycles. The van der Waals surface area contributed by atoms with E-state index in [0.717, 1.165) is 16.3 Å². The molecule has 2 aromatic rings. The molecule has 2 heterocycles. The summed E-state index contributed by atoms with van der Waals surface area (Å²) in [5, 5.41) is 11.6. The van der Waals surface area contributed by atoms with Crippen LogP contribution in [0.5, 0.6) is 5.75 Å². The molecule has 1 aromatic carbocycles. The Bertz CT molecular complexity index is 805. The van der Waals surface area contributed by atoms with E-state index in [4.69, 9.17) is 14.6 Å². The lowest BCUT2D eigenvalue weighted by molar-refractivity contribution is -0.138. The van der Waals surface area contributed by atoms with E-state index in [9.17, 15) is 9.59 Å². The summed E-state index contributed by atoms with van der Waals surface area (Å²) in [6, 6.07) is 7.17. The van der Waals surface area contributed by atoms with Crippen LogP contribution < -0.4 is 4.74 Å². The number of carbonyl (C=O) groups is 2. The monoisotopic (exact) mass is 390 g/mol. The second-order valence-corrected chi connectivity index (χ2v) is 7.16. The predicted octanol–water partition coefficient (Wildman–Crippen LogP) is 2.91. The number of thiazole rings is 1. The zero-order valence-corrected chi connectivity index (χ0v) is 16.1. The lowest BCUT2D eigenvalue weighted by Gasteiger charge is -2.22. The van der Waals surface area contributed by atoms with Gasteiger partial charge in [0.2, 0.25) is 0 Å². The molecule has 27 heavy (non-hydrogen) atoms. The number of amides is 1. The summed E-state index contributed by atoms with van der Waals surface area (Å²) >= 11 is 1.38. The third-order valence-electron chi connectivity index (χ3n) is 4.52. The maximum atomic E-state index is 12.9. The Kier molecular flexibility index (Phi) is 6.08. The van der Waals surface area contributed by atoms with Crippen molar-refractivity contribution in [2.75, 3.05) is 20.3 Å². The van der Waals surface area contributed by atoms with Gasteiger partial charge >= 0.3 is 5.97 Å². The van der Waals surface area contributed by atoms with Crippen molar-refractivity contribution in [2.24, 2.45) is 0 Å². The molecular weight excluding hydrogens is 368 g/mol. The minimum absolute atomic E-state index is 0.0957. The van der Waals surface area contributed by atoms with E-state index in [1.807, 2.05) is 31.2 Å². The number of carboxylic acids is 1. The largest absolute Gasteiger partial charge is 0.494 e. The Morgan fingerprint density at radius 2 is 2.07 bits per heavy atom. The van der Waals surface area contributed by atoms with Crippen LogP contribution in [-0.2, 0) is 9.53 Å². The third kappa shape index (κ3) is 4.45. The van der Waals surface area contributed by atoms with Gasteiger partial charge in [-0.05, 0) is 37.6 Å². The lowest BCUT2D eigenvalue weighted by Crippen LogP contribution is -2.37. The molecule has 1 aliphatic rings. The first kappa shape index (κ1) is 19.3. The van der Waals surface area contributed by atoms with Crippen LogP contribution in [-0.4, -0.2) is 59.3 Å². The van der Waals surface area contributed by atoms with Gasteiger partial charge < -0.3 is 19.5 Å². The van der Waals surface area contributed by atoms with Gasteiger partial charge in [0.25, 0.3) is 5.91 Å². The predicted molar refractivity (Wildman–Crippen MR) is 101 cm³/mol. The Balaban J connectivity index is 1.76. The number of benzene rings is 1. The smallest absolute Gasteiger partial charge is 0.305 e. The molecule has 8 heteroatoms. The summed E-state index contributed by atoms with van der Waals surface area (Å²) in [5.74, 6) is -0.398. The molecule has 0 saturated carbocycles. The van der Waals surface area contributed by atoms with Crippen LogP contribution in [0.3, 0.4) is 0 Å². The molecule has 144 valence electrons. The van der Waals surface area contributed by atoms with Gasteiger partial charge in [-0.25, -0.2) is 4.98 Å². The maximum Gasteiger partial charge on any atom is 0.305 e. The first-order valence-electron chi connectivity index (χ1n) is 8.76. The number of ether oxygens (including phenoxy) is 2. The van der Waals surface area contributed by atoms with E-state index in [1.54, 1.807) is 17.4 Å². The lowest BCUT2D eigenvalue weighted by atomic mass is 10.1. The van der Waals surface area contributed by atoms with Gasteiger partial charge in [0.1, 0.15) is 16.5 Å². The number of rotatable bonds is 7. The van der Waals surface area contributed by atoms with Crippen LogP contribution in [0, 0.1) is 0 Å². The molecule has 2 atom stereocenters. The second kappa shape index (κ2) is 8.49. The average Bonchev–Trinajstić information content (AvgIpc) is 3.29. The first-order valence-corrected chi connectivity index (χ1v) is 9.64. The number of methoxy groups -OCH3 is 1. The van der Waals surface area contributed by atoms with Crippen molar-refractivity contribution >= 4 is 23.2 Å². The van der Waals surface area contributed by atoms with Crippen molar-refractivity contribution in [1.29, 1.82) is 0 Å². The van der Waals surface area contributed by atoms with Crippen LogP contribution in [0.25, 0.3) is 10.6 Å². The number of likely N-dealkylation sites (tertiary alicyclic amines) is 1. The highest BCUT2D eigenvalue weighted by Gasteiger charge is 2.37. The molecule has 0 aliphatic carbocycles. The zero-order chi connectivity index (χ0) is 19.4. The van der Waals surface area contributed by atoms with Gasteiger partial charge in [0, 0.05) is 30.6 Å². The number of nitrogens with zero attached hydrogens (tertiary/aromatic N) is 2. The molecule has 0 radical (unpaired) electrons. The van der Waals surface area contributed by atoms with Crippen LogP contribution in [0.4, 0.5) is 0 Å². The number of carboxylic acid groups (broad SMARTS) is 1. The number of aromatic nitrogens is 1. The van der Waals surface area contributed by atoms with Gasteiger partial charge in [-0.2, -0.15) is 0 Å². The quantitative estimate of drug-likeness (QED) is 0.782. The molecular formula is C19H22N2O5S. The highest BCUT2D eigenvalue weighted by molar-refractivity contribution is 7.13. The average molecular weight is 390 g/mol. The van der Waals surface area contributed by atoms with E-state index >= 15 is 0 Å². The summed E-state index contributed by atoms with van der Waals surface area (Å²) in [5.41, 5.74) is 1.23. The number of carbonyl (C=O) groups excluding carboxylic acids is 1. The van der Waals surface area contributed by atoms with Crippen molar-refractivity contribution in [1.82, 2.24) is 9.88 Å². The fourth-order valence-electron chi connectivity index (χ4n) is 3.20. The van der Waals surface area contributed by atoms with Crippen molar-refractivity contribution < 1.29 is 24.2 Å². The molecule has 3 rings (SSSR count). The van der Waals surface area contributed by atoms with Crippen molar-refractivity contribution in [2.45, 2.75) is 31.9 Å². The van der Waals surface area contributed by atoms with Crippen LogP contribution >= 0.6 is 11.3 Å². The summed E-state index contributed by atoms with van der Waals surface area (Å²) in [7, 11) is 1.57. The van der Waals surface area contributed by atoms with Gasteiger partial charge in [-0.1, -0.05) is 0 Å². The summed E-state index contributed by atoms with van der Waals surface area (Å²) in [4.78, 5) is 30.0.